The topological polar surface area (TPSA) is 59.1 Å². The molecule has 0 aliphatic heterocycles. The molecule has 2 heterocycles. The van der Waals surface area contributed by atoms with E-state index in [1.54, 1.807) is 18.3 Å². The van der Waals surface area contributed by atoms with Gasteiger partial charge in [0.05, 0.1) is 10.9 Å². The zero-order valence-corrected chi connectivity index (χ0v) is 20.7. The zero-order valence-electron chi connectivity index (χ0n) is 18.3. The van der Waals surface area contributed by atoms with Crippen molar-refractivity contribution in [1.82, 2.24) is 9.71 Å². The highest BCUT2D eigenvalue weighted by Crippen LogP contribution is 2.37. The minimum Gasteiger partial charge on any atom is -0.244 e. The van der Waals surface area contributed by atoms with Crippen molar-refractivity contribution in [3.8, 4) is 10.4 Å². The Hall–Kier alpha value is -3.03. The lowest BCUT2D eigenvalue weighted by atomic mass is 10.00. The molecule has 5 aromatic rings. The predicted octanol–water partition coefficient (Wildman–Crippen LogP) is 6.99. The number of sulfonamides is 1. The number of nitrogens with one attached hydrogen (secondary N) is 1. The van der Waals surface area contributed by atoms with E-state index < -0.39 is 16.1 Å². The quantitative estimate of drug-likeness (QED) is 0.253. The van der Waals surface area contributed by atoms with Crippen molar-refractivity contribution in [3.63, 3.8) is 0 Å². The van der Waals surface area contributed by atoms with E-state index in [1.165, 1.54) is 11.3 Å². The fourth-order valence-corrected chi connectivity index (χ4v) is 6.57. The van der Waals surface area contributed by atoms with E-state index in [-0.39, 0.29) is 4.90 Å². The van der Waals surface area contributed by atoms with E-state index in [1.807, 2.05) is 79.7 Å². The van der Waals surface area contributed by atoms with Gasteiger partial charge in [-0.1, -0.05) is 78.3 Å². The number of aryl methyl sites for hydroxylation is 1. The molecule has 170 valence electrons. The summed E-state index contributed by atoms with van der Waals surface area (Å²) in [7, 11) is -3.79. The van der Waals surface area contributed by atoms with Crippen molar-refractivity contribution in [2.45, 2.75) is 17.9 Å². The standard InChI is InChI=1S/C27H21ClN2O2S2/c1-18-17-29-26(28)16-23(18)25-14-21-12-13-22(15-24(21)33-25)34(31,32)30-27(19-8-4-2-5-9-19)20-10-6-3-7-11-20/h2-17,27,30H,1H3. The number of halogens is 1. The van der Waals surface area contributed by atoms with Gasteiger partial charge in [-0.2, -0.15) is 4.72 Å². The average molecular weight is 505 g/mol. The van der Waals surface area contributed by atoms with Gasteiger partial charge in [-0.3, -0.25) is 0 Å². The van der Waals surface area contributed by atoms with Crippen LogP contribution < -0.4 is 4.72 Å². The summed E-state index contributed by atoms with van der Waals surface area (Å²) in [5.41, 5.74) is 3.76. The Labute approximate surface area is 207 Å². The van der Waals surface area contributed by atoms with Crippen LogP contribution in [0.15, 0.2) is 102 Å². The summed E-state index contributed by atoms with van der Waals surface area (Å²) in [5.74, 6) is 0. The minimum atomic E-state index is -3.79. The molecule has 7 heteroatoms. The zero-order chi connectivity index (χ0) is 23.7. The molecule has 5 rings (SSSR count). The van der Waals surface area contributed by atoms with Crippen LogP contribution in [-0.4, -0.2) is 13.4 Å². The number of fused-ring (bicyclic) bond motifs is 1. The Morgan fingerprint density at radius 2 is 1.53 bits per heavy atom. The van der Waals surface area contributed by atoms with Crippen LogP contribution in [0.1, 0.15) is 22.7 Å². The summed E-state index contributed by atoms with van der Waals surface area (Å²) in [6, 6.07) is 27.8. The van der Waals surface area contributed by atoms with Gasteiger partial charge in [0.25, 0.3) is 0 Å². The number of nitrogens with zero attached hydrogens (tertiary/aromatic N) is 1. The molecule has 0 saturated heterocycles. The first-order valence-electron chi connectivity index (χ1n) is 10.7. The second kappa shape index (κ2) is 9.31. The van der Waals surface area contributed by atoms with Crippen LogP contribution >= 0.6 is 22.9 Å². The molecule has 0 aliphatic carbocycles. The Morgan fingerprint density at radius 1 is 0.882 bits per heavy atom. The molecule has 1 N–H and O–H groups in total. The van der Waals surface area contributed by atoms with Gasteiger partial charge in [0.2, 0.25) is 10.0 Å². The maximum Gasteiger partial charge on any atom is 0.241 e. The largest absolute Gasteiger partial charge is 0.244 e. The lowest BCUT2D eigenvalue weighted by Gasteiger charge is -2.20. The summed E-state index contributed by atoms with van der Waals surface area (Å²) in [4.78, 5) is 5.38. The van der Waals surface area contributed by atoms with E-state index in [4.69, 9.17) is 11.6 Å². The number of pyridine rings is 1. The summed E-state index contributed by atoms with van der Waals surface area (Å²) in [6.45, 7) is 1.98. The van der Waals surface area contributed by atoms with Gasteiger partial charge in [-0.15, -0.1) is 11.3 Å². The van der Waals surface area contributed by atoms with Crippen LogP contribution in [0, 0.1) is 6.92 Å². The van der Waals surface area contributed by atoms with Crippen LogP contribution in [0.25, 0.3) is 20.5 Å². The van der Waals surface area contributed by atoms with Crippen LogP contribution in [0.3, 0.4) is 0 Å². The number of aromatic nitrogens is 1. The third-order valence-corrected chi connectivity index (χ3v) is 8.43. The molecule has 0 spiro atoms. The van der Waals surface area contributed by atoms with Gasteiger partial charge in [0, 0.05) is 15.8 Å². The van der Waals surface area contributed by atoms with Crippen molar-refractivity contribution < 1.29 is 8.42 Å². The fraction of sp³-hybridized carbons (Fsp3) is 0.0741. The van der Waals surface area contributed by atoms with Crippen molar-refractivity contribution in [3.05, 3.63) is 119 Å². The van der Waals surface area contributed by atoms with Crippen LogP contribution in [-0.2, 0) is 10.0 Å². The number of rotatable bonds is 6. The van der Waals surface area contributed by atoms with E-state index in [9.17, 15) is 8.42 Å². The number of hydrogen-bond acceptors (Lipinski definition) is 4. The molecule has 3 aromatic carbocycles. The van der Waals surface area contributed by atoms with Crippen LogP contribution in [0.4, 0.5) is 0 Å². The first kappa shape index (κ1) is 22.7. The second-order valence-electron chi connectivity index (χ2n) is 8.01. The average Bonchev–Trinajstić information content (AvgIpc) is 3.28. The molecular formula is C27H21ClN2O2S2. The maximum absolute atomic E-state index is 13.5. The molecule has 0 aliphatic rings. The Balaban J connectivity index is 1.52. The molecule has 0 radical (unpaired) electrons. The molecule has 0 amide bonds. The smallest absolute Gasteiger partial charge is 0.241 e. The summed E-state index contributed by atoms with van der Waals surface area (Å²) in [5, 5.41) is 1.41. The van der Waals surface area contributed by atoms with E-state index in [2.05, 4.69) is 15.8 Å². The van der Waals surface area contributed by atoms with Crippen molar-refractivity contribution in [1.29, 1.82) is 0 Å². The molecule has 0 saturated carbocycles. The SMILES string of the molecule is Cc1cnc(Cl)cc1-c1cc2ccc(S(=O)(=O)NC(c3ccccc3)c3ccccc3)cc2s1. The van der Waals surface area contributed by atoms with E-state index in [0.29, 0.717) is 5.15 Å². The third-order valence-electron chi connectivity index (χ3n) is 5.68. The molecule has 0 bridgehead atoms. The van der Waals surface area contributed by atoms with E-state index >= 15 is 0 Å². The van der Waals surface area contributed by atoms with Crippen LogP contribution in [0.2, 0.25) is 5.15 Å². The summed E-state index contributed by atoms with van der Waals surface area (Å²) < 4.78 is 30.8. The Kier molecular flexibility index (Phi) is 6.23. The highest BCUT2D eigenvalue weighted by Gasteiger charge is 2.23. The highest BCUT2D eigenvalue weighted by molar-refractivity contribution is 7.89. The molecule has 2 aromatic heterocycles. The van der Waals surface area contributed by atoms with Gasteiger partial charge in [0.15, 0.2) is 0 Å². The number of benzene rings is 3. The van der Waals surface area contributed by atoms with Crippen LogP contribution in [0.5, 0.6) is 0 Å². The van der Waals surface area contributed by atoms with Gasteiger partial charge < -0.3 is 0 Å². The van der Waals surface area contributed by atoms with Crippen molar-refractivity contribution >= 4 is 43.0 Å². The Bertz CT molecular complexity index is 1530. The molecule has 0 atom stereocenters. The number of hydrogen-bond donors (Lipinski definition) is 1. The van der Waals surface area contributed by atoms with Gasteiger partial charge in [0.1, 0.15) is 5.15 Å². The van der Waals surface area contributed by atoms with Gasteiger partial charge in [-0.25, -0.2) is 13.4 Å². The molecule has 34 heavy (non-hydrogen) atoms. The molecule has 0 fully saturated rings. The first-order valence-corrected chi connectivity index (χ1v) is 13.4. The monoisotopic (exact) mass is 504 g/mol. The molecule has 0 unspecified atom stereocenters. The first-order chi connectivity index (χ1) is 16.4. The van der Waals surface area contributed by atoms with E-state index in [0.717, 1.165) is 37.2 Å². The minimum absolute atomic E-state index is 0.231. The van der Waals surface area contributed by atoms with Crippen molar-refractivity contribution in [2.24, 2.45) is 0 Å². The summed E-state index contributed by atoms with van der Waals surface area (Å²) >= 11 is 7.64. The maximum atomic E-state index is 13.5. The molecular weight excluding hydrogens is 484 g/mol. The van der Waals surface area contributed by atoms with Gasteiger partial charge in [-0.05, 0) is 58.8 Å². The lowest BCUT2D eigenvalue weighted by molar-refractivity contribution is 0.572. The number of thiophene rings is 1. The normalized spacial score (nSPS) is 11.9. The third kappa shape index (κ3) is 4.63. The molecule has 4 nitrogen and oxygen atoms in total. The summed E-state index contributed by atoms with van der Waals surface area (Å²) in [6.07, 6.45) is 1.75. The van der Waals surface area contributed by atoms with Crippen molar-refractivity contribution in [2.75, 3.05) is 0 Å². The second-order valence-corrected chi connectivity index (χ2v) is 11.2. The predicted molar refractivity (Wildman–Crippen MR) is 140 cm³/mol. The fourth-order valence-electron chi connectivity index (χ4n) is 3.92. The Morgan fingerprint density at radius 3 is 2.18 bits per heavy atom. The highest BCUT2D eigenvalue weighted by atomic mass is 35.5. The lowest BCUT2D eigenvalue weighted by Crippen LogP contribution is -2.29. The van der Waals surface area contributed by atoms with Gasteiger partial charge >= 0.3 is 0 Å².